The Hall–Kier alpha value is -2.96. The maximum Gasteiger partial charge on any atom is 0.306 e. The monoisotopic (exact) mass is 752 g/mol. The summed E-state index contributed by atoms with van der Waals surface area (Å²) < 4.78 is 5.84. The molecule has 6 heteroatoms. The summed E-state index contributed by atoms with van der Waals surface area (Å²) in [5, 5.41) is 23.5. The maximum absolute atomic E-state index is 13.1. The van der Waals surface area contributed by atoms with Crippen molar-refractivity contribution in [2.45, 2.75) is 200 Å². The summed E-state index contributed by atoms with van der Waals surface area (Å²) in [5.74, 6) is -0.580. The highest BCUT2D eigenvalue weighted by Crippen LogP contribution is 2.16. The molecule has 0 aromatic carbocycles. The van der Waals surface area contributed by atoms with Crippen molar-refractivity contribution >= 4 is 11.9 Å². The average molecular weight is 752 g/mol. The Bertz CT molecular complexity index is 1070. The van der Waals surface area contributed by atoms with E-state index < -0.39 is 18.2 Å². The molecule has 0 heterocycles. The number of nitrogens with one attached hydrogen (secondary N) is 1. The molecule has 3 atom stereocenters. The van der Waals surface area contributed by atoms with Gasteiger partial charge in [-0.15, -0.1) is 0 Å². The summed E-state index contributed by atoms with van der Waals surface area (Å²) in [7, 11) is 0. The van der Waals surface area contributed by atoms with Gasteiger partial charge in [0.15, 0.2) is 0 Å². The lowest BCUT2D eigenvalue weighted by Crippen LogP contribution is -2.46. The maximum atomic E-state index is 13.1. The molecule has 0 radical (unpaired) electrons. The SMILES string of the molecule is CC/C=C/C=C/C=C\C=C/CCCC(CC(=O)NC(CO)C(O)CCCCCCCCCCCC)OC(=O)CCCCCC/C=C/C/C=C/C/C=C/CC. The third-order valence-corrected chi connectivity index (χ3v) is 9.31. The van der Waals surface area contributed by atoms with Crippen molar-refractivity contribution in [3.8, 4) is 0 Å². The number of carbonyl (C=O) groups excluding carboxylic acids is 2. The zero-order valence-electron chi connectivity index (χ0n) is 34.8. The third-order valence-electron chi connectivity index (χ3n) is 9.31. The van der Waals surface area contributed by atoms with Crippen molar-refractivity contribution in [1.82, 2.24) is 5.32 Å². The Morgan fingerprint density at radius 1 is 0.574 bits per heavy atom. The Labute approximate surface area is 332 Å². The van der Waals surface area contributed by atoms with Crippen LogP contribution in [0.3, 0.4) is 0 Å². The highest BCUT2D eigenvalue weighted by molar-refractivity contribution is 5.77. The van der Waals surface area contributed by atoms with Gasteiger partial charge in [0, 0.05) is 6.42 Å². The summed E-state index contributed by atoms with van der Waals surface area (Å²) in [6.07, 6.45) is 52.2. The number of hydrogen-bond donors (Lipinski definition) is 3. The van der Waals surface area contributed by atoms with Crippen LogP contribution in [0.15, 0.2) is 85.1 Å². The van der Waals surface area contributed by atoms with Gasteiger partial charge in [0.05, 0.1) is 25.2 Å². The number of unbranched alkanes of at least 4 members (excludes halogenated alkanes) is 14. The topological polar surface area (TPSA) is 95.9 Å². The number of aliphatic hydroxyl groups excluding tert-OH is 2. The minimum Gasteiger partial charge on any atom is -0.462 e. The number of rotatable bonds is 37. The Balaban J connectivity index is 4.74. The number of hydrogen-bond acceptors (Lipinski definition) is 5. The van der Waals surface area contributed by atoms with Crippen molar-refractivity contribution in [2.75, 3.05) is 6.61 Å². The van der Waals surface area contributed by atoms with Crippen LogP contribution in [0.5, 0.6) is 0 Å². The zero-order chi connectivity index (χ0) is 39.6. The van der Waals surface area contributed by atoms with E-state index in [1.165, 1.54) is 44.9 Å². The van der Waals surface area contributed by atoms with Crippen LogP contribution in [-0.2, 0) is 14.3 Å². The summed E-state index contributed by atoms with van der Waals surface area (Å²) in [6, 6.07) is -0.729. The lowest BCUT2D eigenvalue weighted by atomic mass is 10.0. The largest absolute Gasteiger partial charge is 0.462 e. The number of esters is 1. The Morgan fingerprint density at radius 2 is 1.11 bits per heavy atom. The predicted molar refractivity (Wildman–Crippen MR) is 231 cm³/mol. The van der Waals surface area contributed by atoms with E-state index in [2.05, 4.69) is 74.7 Å². The number of carbonyl (C=O) groups is 2. The lowest BCUT2D eigenvalue weighted by molar-refractivity contribution is -0.151. The van der Waals surface area contributed by atoms with Crippen molar-refractivity contribution in [1.29, 1.82) is 0 Å². The standard InChI is InChI=1S/C48H81NO5/c1-4-7-10-13-16-19-22-23-24-26-29-32-35-38-41-48(53)54-44(39-36-33-30-27-25-20-17-14-11-8-5-2)42-47(52)49-45(43-50)46(51)40-37-34-31-28-21-18-15-12-9-6-3/h7-8,10-11,14,16-17,19-20,23-25,27,30,44-46,50-51H,4-6,9,12-13,15,18,21-22,26,28-29,31-43H2,1-3H3,(H,49,52)/b10-7+,11-8+,17-14+,19-16+,24-23+,25-20-,30-27-. The van der Waals surface area contributed by atoms with Crippen LogP contribution in [-0.4, -0.2) is 46.9 Å². The molecule has 0 spiro atoms. The second-order valence-electron chi connectivity index (χ2n) is 14.4. The van der Waals surface area contributed by atoms with E-state index in [1.54, 1.807) is 0 Å². The fourth-order valence-electron chi connectivity index (χ4n) is 6.05. The Kier molecular flexibility index (Phi) is 38.9. The van der Waals surface area contributed by atoms with E-state index in [4.69, 9.17) is 4.74 Å². The van der Waals surface area contributed by atoms with E-state index in [0.717, 1.165) is 89.9 Å². The number of amides is 1. The quantitative estimate of drug-likeness (QED) is 0.0254. The highest BCUT2D eigenvalue weighted by atomic mass is 16.5. The minimum absolute atomic E-state index is 0.0177. The molecule has 0 aliphatic carbocycles. The van der Waals surface area contributed by atoms with Crippen LogP contribution >= 0.6 is 0 Å². The molecular weight excluding hydrogens is 671 g/mol. The molecule has 3 N–H and O–H groups in total. The second kappa shape index (κ2) is 41.2. The summed E-state index contributed by atoms with van der Waals surface area (Å²) in [4.78, 5) is 25.9. The van der Waals surface area contributed by atoms with Crippen LogP contribution in [0.25, 0.3) is 0 Å². The molecule has 0 bridgehead atoms. The molecule has 0 rings (SSSR count). The van der Waals surface area contributed by atoms with Gasteiger partial charge in [-0.1, -0.05) is 183 Å². The summed E-state index contributed by atoms with van der Waals surface area (Å²) in [6.45, 7) is 6.16. The van der Waals surface area contributed by atoms with Gasteiger partial charge in [0.1, 0.15) is 6.10 Å². The van der Waals surface area contributed by atoms with Gasteiger partial charge in [0.25, 0.3) is 0 Å². The molecule has 3 unspecified atom stereocenters. The molecule has 54 heavy (non-hydrogen) atoms. The molecular formula is C48H81NO5. The van der Waals surface area contributed by atoms with E-state index >= 15 is 0 Å². The van der Waals surface area contributed by atoms with Gasteiger partial charge >= 0.3 is 5.97 Å². The molecule has 0 fully saturated rings. The van der Waals surface area contributed by atoms with Crippen molar-refractivity contribution < 1.29 is 24.5 Å². The number of ether oxygens (including phenoxy) is 1. The first-order chi connectivity index (χ1) is 26.5. The van der Waals surface area contributed by atoms with Gasteiger partial charge in [0.2, 0.25) is 5.91 Å². The summed E-state index contributed by atoms with van der Waals surface area (Å²) in [5.41, 5.74) is 0. The molecule has 308 valence electrons. The molecule has 0 aromatic rings. The second-order valence-corrected chi connectivity index (χ2v) is 14.4. The fourth-order valence-corrected chi connectivity index (χ4v) is 6.05. The van der Waals surface area contributed by atoms with Crippen LogP contribution in [0, 0.1) is 0 Å². The highest BCUT2D eigenvalue weighted by Gasteiger charge is 2.23. The van der Waals surface area contributed by atoms with E-state index in [1.807, 2.05) is 36.5 Å². The van der Waals surface area contributed by atoms with Crippen LogP contribution in [0.4, 0.5) is 0 Å². The molecule has 0 aliphatic rings. The fraction of sp³-hybridized carbons (Fsp3) is 0.667. The van der Waals surface area contributed by atoms with Crippen LogP contribution in [0.1, 0.15) is 181 Å². The normalized spacial score (nSPS) is 14.2. The van der Waals surface area contributed by atoms with Gasteiger partial charge in [-0.2, -0.15) is 0 Å². The molecule has 0 aromatic heterocycles. The first-order valence-electron chi connectivity index (χ1n) is 21.9. The number of aliphatic hydroxyl groups is 2. The molecule has 0 saturated carbocycles. The first-order valence-corrected chi connectivity index (χ1v) is 21.9. The molecule has 0 aliphatic heterocycles. The zero-order valence-corrected chi connectivity index (χ0v) is 34.8. The van der Waals surface area contributed by atoms with Crippen LogP contribution < -0.4 is 5.32 Å². The van der Waals surface area contributed by atoms with Crippen molar-refractivity contribution in [3.63, 3.8) is 0 Å². The van der Waals surface area contributed by atoms with Gasteiger partial charge in [-0.25, -0.2) is 0 Å². The average Bonchev–Trinajstić information content (AvgIpc) is 3.16. The number of allylic oxidation sites excluding steroid dienone is 14. The van der Waals surface area contributed by atoms with Gasteiger partial charge in [-0.3, -0.25) is 9.59 Å². The summed E-state index contributed by atoms with van der Waals surface area (Å²) >= 11 is 0. The molecule has 1 amide bonds. The lowest BCUT2D eigenvalue weighted by Gasteiger charge is -2.24. The smallest absolute Gasteiger partial charge is 0.306 e. The predicted octanol–water partition coefficient (Wildman–Crippen LogP) is 12.4. The molecule has 6 nitrogen and oxygen atoms in total. The first kappa shape index (κ1) is 51.0. The van der Waals surface area contributed by atoms with E-state index in [9.17, 15) is 19.8 Å². The van der Waals surface area contributed by atoms with E-state index in [0.29, 0.717) is 19.3 Å². The van der Waals surface area contributed by atoms with Crippen molar-refractivity contribution in [3.05, 3.63) is 85.1 Å². The van der Waals surface area contributed by atoms with Gasteiger partial charge in [-0.05, 0) is 70.6 Å². The van der Waals surface area contributed by atoms with Crippen LogP contribution in [0.2, 0.25) is 0 Å². The van der Waals surface area contributed by atoms with Crippen molar-refractivity contribution in [2.24, 2.45) is 0 Å². The minimum atomic E-state index is -0.810. The van der Waals surface area contributed by atoms with E-state index in [-0.39, 0.29) is 24.9 Å². The Morgan fingerprint density at radius 3 is 1.76 bits per heavy atom. The van der Waals surface area contributed by atoms with Gasteiger partial charge < -0.3 is 20.3 Å². The third kappa shape index (κ3) is 36.0. The molecule has 0 saturated heterocycles.